The van der Waals surface area contributed by atoms with Gasteiger partial charge in [0.1, 0.15) is 0 Å². The summed E-state index contributed by atoms with van der Waals surface area (Å²) in [7, 11) is 0. The van der Waals surface area contributed by atoms with Crippen LogP contribution >= 0.6 is 0 Å². The van der Waals surface area contributed by atoms with Gasteiger partial charge in [0, 0.05) is 29.9 Å². The van der Waals surface area contributed by atoms with Gasteiger partial charge in [-0.05, 0) is 38.1 Å². The standard InChI is InChI=1S/C19H19N3O/c1-19(2)12-21(18(19)23)13-22-16-8-4-3-6-14(16)10-17(22)15-7-5-9-20-11-15/h3-11H,12-13H2,1-2H3. The van der Waals surface area contributed by atoms with Crippen LogP contribution in [-0.2, 0) is 11.5 Å². The van der Waals surface area contributed by atoms with Crippen molar-refractivity contribution in [1.82, 2.24) is 14.5 Å². The van der Waals surface area contributed by atoms with E-state index in [2.05, 4.69) is 33.8 Å². The van der Waals surface area contributed by atoms with Crippen LogP contribution in [0.5, 0.6) is 0 Å². The molecule has 4 nitrogen and oxygen atoms in total. The fraction of sp³-hybridized carbons (Fsp3) is 0.263. The van der Waals surface area contributed by atoms with E-state index in [1.165, 1.54) is 5.39 Å². The zero-order chi connectivity index (χ0) is 16.0. The third-order valence-corrected chi connectivity index (χ3v) is 4.53. The van der Waals surface area contributed by atoms with Crippen molar-refractivity contribution in [2.45, 2.75) is 20.5 Å². The molecule has 23 heavy (non-hydrogen) atoms. The molecule has 1 aliphatic heterocycles. The lowest BCUT2D eigenvalue weighted by Crippen LogP contribution is -2.58. The maximum absolute atomic E-state index is 12.3. The minimum Gasteiger partial charge on any atom is -0.323 e. The van der Waals surface area contributed by atoms with E-state index in [0.717, 1.165) is 23.3 Å². The van der Waals surface area contributed by atoms with Crippen molar-refractivity contribution in [2.24, 2.45) is 5.41 Å². The number of β-lactam (4-membered cyclic amide) rings is 1. The van der Waals surface area contributed by atoms with Gasteiger partial charge in [-0.25, -0.2) is 0 Å². The number of fused-ring (bicyclic) bond motifs is 1. The Kier molecular flexibility index (Phi) is 3.01. The maximum atomic E-state index is 12.3. The van der Waals surface area contributed by atoms with Gasteiger partial charge in [-0.2, -0.15) is 0 Å². The molecule has 0 atom stereocenters. The molecule has 0 bridgehead atoms. The molecule has 1 aliphatic rings. The largest absolute Gasteiger partial charge is 0.323 e. The summed E-state index contributed by atoms with van der Waals surface area (Å²) in [5.74, 6) is 0.215. The first-order valence-electron chi connectivity index (χ1n) is 7.84. The molecule has 4 heteroatoms. The molecule has 0 aliphatic carbocycles. The molecule has 0 radical (unpaired) electrons. The molecule has 0 unspecified atom stereocenters. The first-order chi connectivity index (χ1) is 11.1. The summed E-state index contributed by atoms with van der Waals surface area (Å²) in [5, 5.41) is 1.18. The van der Waals surface area contributed by atoms with Crippen LogP contribution in [0.3, 0.4) is 0 Å². The zero-order valence-electron chi connectivity index (χ0n) is 13.4. The molecule has 4 rings (SSSR count). The summed E-state index contributed by atoms with van der Waals surface area (Å²) in [5.41, 5.74) is 3.08. The van der Waals surface area contributed by atoms with Crippen LogP contribution in [0.25, 0.3) is 22.2 Å². The molecule has 1 saturated heterocycles. The van der Waals surface area contributed by atoms with Crippen LogP contribution < -0.4 is 0 Å². The van der Waals surface area contributed by atoms with Crippen LogP contribution in [0, 0.1) is 5.41 Å². The summed E-state index contributed by atoms with van der Waals surface area (Å²) in [6.45, 7) is 5.38. The average molecular weight is 305 g/mol. The van der Waals surface area contributed by atoms with Gasteiger partial charge in [-0.15, -0.1) is 0 Å². The number of likely N-dealkylation sites (tertiary alicyclic amines) is 1. The van der Waals surface area contributed by atoms with Gasteiger partial charge in [0.05, 0.1) is 23.3 Å². The highest BCUT2D eigenvalue weighted by molar-refractivity contribution is 5.89. The SMILES string of the molecule is CC1(C)CN(Cn2c(-c3cccnc3)cc3ccccc32)C1=O. The average Bonchev–Trinajstić information content (AvgIpc) is 2.94. The Morgan fingerprint density at radius 2 is 2.00 bits per heavy atom. The van der Waals surface area contributed by atoms with Gasteiger partial charge in [0.2, 0.25) is 5.91 Å². The van der Waals surface area contributed by atoms with E-state index in [0.29, 0.717) is 6.67 Å². The molecule has 3 aromatic rings. The number of carbonyl (C=O) groups is 1. The van der Waals surface area contributed by atoms with E-state index in [4.69, 9.17) is 0 Å². The van der Waals surface area contributed by atoms with Crippen molar-refractivity contribution in [3.05, 3.63) is 54.9 Å². The first kappa shape index (κ1) is 14.0. The summed E-state index contributed by atoms with van der Waals surface area (Å²) >= 11 is 0. The van der Waals surface area contributed by atoms with Gasteiger partial charge in [-0.3, -0.25) is 9.78 Å². The minimum atomic E-state index is -0.225. The van der Waals surface area contributed by atoms with Crippen molar-refractivity contribution in [2.75, 3.05) is 6.54 Å². The van der Waals surface area contributed by atoms with Gasteiger partial charge >= 0.3 is 0 Å². The normalized spacial score (nSPS) is 16.6. The third-order valence-electron chi connectivity index (χ3n) is 4.53. The van der Waals surface area contributed by atoms with Crippen molar-refractivity contribution in [3.63, 3.8) is 0 Å². The summed E-state index contributed by atoms with van der Waals surface area (Å²) < 4.78 is 2.21. The van der Waals surface area contributed by atoms with Crippen LogP contribution in [0.1, 0.15) is 13.8 Å². The smallest absolute Gasteiger partial charge is 0.231 e. The summed E-state index contributed by atoms with van der Waals surface area (Å²) in [4.78, 5) is 18.4. The quantitative estimate of drug-likeness (QED) is 0.694. The van der Waals surface area contributed by atoms with E-state index >= 15 is 0 Å². The molecule has 3 heterocycles. The van der Waals surface area contributed by atoms with E-state index in [1.54, 1.807) is 6.20 Å². The van der Waals surface area contributed by atoms with Crippen LogP contribution in [0.15, 0.2) is 54.9 Å². The predicted octanol–water partition coefficient (Wildman–Crippen LogP) is 3.53. The van der Waals surface area contributed by atoms with Crippen LogP contribution in [0.2, 0.25) is 0 Å². The van der Waals surface area contributed by atoms with Crippen LogP contribution in [0.4, 0.5) is 0 Å². The van der Waals surface area contributed by atoms with Gasteiger partial charge in [0.25, 0.3) is 0 Å². The number of aromatic nitrogens is 2. The van der Waals surface area contributed by atoms with E-state index < -0.39 is 0 Å². The lowest BCUT2D eigenvalue weighted by atomic mass is 9.83. The molecule has 1 fully saturated rings. The Morgan fingerprint density at radius 3 is 2.70 bits per heavy atom. The van der Waals surface area contributed by atoms with Crippen molar-refractivity contribution in [1.29, 1.82) is 0 Å². The highest BCUT2D eigenvalue weighted by Crippen LogP contribution is 2.34. The van der Waals surface area contributed by atoms with E-state index in [1.807, 2.05) is 43.1 Å². The Hall–Kier alpha value is -2.62. The maximum Gasteiger partial charge on any atom is 0.231 e. The van der Waals surface area contributed by atoms with Gasteiger partial charge in [0.15, 0.2) is 0 Å². The zero-order valence-corrected chi connectivity index (χ0v) is 13.4. The fourth-order valence-electron chi connectivity index (χ4n) is 3.35. The second kappa shape index (κ2) is 4.95. The number of pyridine rings is 1. The number of nitrogens with zero attached hydrogens (tertiary/aromatic N) is 3. The molecular weight excluding hydrogens is 286 g/mol. The fourth-order valence-corrected chi connectivity index (χ4v) is 3.35. The molecular formula is C19H19N3O. The Balaban J connectivity index is 1.80. The molecule has 116 valence electrons. The Morgan fingerprint density at radius 1 is 1.17 bits per heavy atom. The van der Waals surface area contributed by atoms with Crippen LogP contribution in [-0.4, -0.2) is 26.9 Å². The Bertz CT molecular complexity index is 880. The highest BCUT2D eigenvalue weighted by Gasteiger charge is 2.44. The van der Waals surface area contributed by atoms with Crippen molar-refractivity contribution >= 4 is 16.8 Å². The number of benzene rings is 1. The monoisotopic (exact) mass is 305 g/mol. The topological polar surface area (TPSA) is 38.1 Å². The lowest BCUT2D eigenvalue weighted by Gasteiger charge is -2.44. The number of hydrogen-bond donors (Lipinski definition) is 0. The second-order valence-electron chi connectivity index (χ2n) is 6.79. The third kappa shape index (κ3) is 2.22. The summed E-state index contributed by atoms with van der Waals surface area (Å²) in [6, 6.07) is 14.4. The van der Waals surface area contributed by atoms with Crippen molar-refractivity contribution in [3.8, 4) is 11.3 Å². The molecule has 1 amide bonds. The lowest BCUT2D eigenvalue weighted by molar-refractivity contribution is -0.159. The molecule has 0 spiro atoms. The number of carbonyl (C=O) groups excluding carboxylic acids is 1. The first-order valence-corrected chi connectivity index (χ1v) is 7.84. The van der Waals surface area contributed by atoms with Gasteiger partial charge in [-0.1, -0.05) is 18.2 Å². The minimum absolute atomic E-state index is 0.215. The molecule has 1 aromatic carbocycles. The molecule has 0 saturated carbocycles. The van der Waals surface area contributed by atoms with Gasteiger partial charge < -0.3 is 9.47 Å². The summed E-state index contributed by atoms with van der Waals surface area (Å²) in [6.07, 6.45) is 3.64. The number of rotatable bonds is 3. The number of hydrogen-bond acceptors (Lipinski definition) is 2. The molecule has 2 aromatic heterocycles. The Labute approximate surface area is 135 Å². The van der Waals surface area contributed by atoms with Crippen molar-refractivity contribution < 1.29 is 4.79 Å². The van der Waals surface area contributed by atoms with E-state index in [-0.39, 0.29) is 11.3 Å². The second-order valence-corrected chi connectivity index (χ2v) is 6.79. The number of amides is 1. The van der Waals surface area contributed by atoms with E-state index in [9.17, 15) is 4.79 Å². The highest BCUT2D eigenvalue weighted by atomic mass is 16.2. The molecule has 0 N–H and O–H groups in total. The predicted molar refractivity (Wildman–Crippen MR) is 90.7 cm³/mol. The number of para-hydroxylation sites is 1.